The number of fused-ring (bicyclic) bond motifs is 1. The molecule has 1 aliphatic rings. The second-order valence-electron chi connectivity index (χ2n) is 7.38. The van der Waals surface area contributed by atoms with Crippen molar-refractivity contribution in [2.24, 2.45) is 11.7 Å². The fourth-order valence-electron chi connectivity index (χ4n) is 3.66. The zero-order valence-electron chi connectivity index (χ0n) is 17.7. The Labute approximate surface area is 188 Å². The number of aryl methyl sites for hydroxylation is 1. The number of carbonyl (C=O) groups excluding carboxylic acids is 2. The molecule has 0 spiro atoms. The van der Waals surface area contributed by atoms with E-state index in [4.69, 9.17) is 31.3 Å². The van der Waals surface area contributed by atoms with Crippen molar-refractivity contribution in [2.75, 3.05) is 0 Å². The smallest absolute Gasteiger partial charge is 0.429 e. The lowest BCUT2D eigenvalue weighted by atomic mass is 10.0. The Balaban J connectivity index is 1.73. The van der Waals surface area contributed by atoms with Crippen molar-refractivity contribution in [1.29, 1.82) is 0 Å². The molecule has 2 aromatic carbocycles. The van der Waals surface area contributed by atoms with Crippen molar-refractivity contribution in [3.8, 4) is 17.1 Å². The van der Waals surface area contributed by atoms with E-state index in [0.29, 0.717) is 24.2 Å². The minimum Gasteiger partial charge on any atom is -0.429 e. The first kappa shape index (κ1) is 22.2. The molecule has 0 aliphatic carbocycles. The molecular formula is C21H23N7O5. The maximum Gasteiger partial charge on any atom is 0.464 e. The van der Waals surface area contributed by atoms with Gasteiger partial charge in [0.1, 0.15) is 0 Å². The Morgan fingerprint density at radius 1 is 1.06 bits per heavy atom. The van der Waals surface area contributed by atoms with Crippen molar-refractivity contribution in [1.82, 2.24) is 26.1 Å². The number of nitrogens with zero attached hydrogens (tertiary/aromatic N) is 2. The number of rotatable bonds is 5. The lowest BCUT2D eigenvalue weighted by molar-refractivity contribution is -0.142. The third kappa shape index (κ3) is 4.92. The summed E-state index contributed by atoms with van der Waals surface area (Å²) >= 11 is 0. The normalized spacial score (nSPS) is 17.4. The first-order valence-electron chi connectivity index (χ1n) is 10.1. The molecular weight excluding hydrogens is 430 g/mol. The average molecular weight is 453 g/mol. The van der Waals surface area contributed by atoms with Gasteiger partial charge in [-0.05, 0) is 37.1 Å². The fraction of sp³-hybridized carbons (Fsp3) is 0.238. The highest BCUT2D eigenvalue weighted by Gasteiger charge is 2.30. The van der Waals surface area contributed by atoms with Crippen LogP contribution in [0.4, 0.5) is 9.59 Å². The number of hydrogen-bond acceptors (Lipinski definition) is 10. The number of ether oxygens (including phenoxy) is 1. The number of hydrazine groups is 2. The van der Waals surface area contributed by atoms with E-state index in [9.17, 15) is 9.59 Å². The molecule has 2 heterocycles. The Bertz CT molecular complexity index is 1190. The van der Waals surface area contributed by atoms with Crippen molar-refractivity contribution >= 4 is 23.1 Å². The van der Waals surface area contributed by atoms with E-state index in [1.165, 1.54) is 0 Å². The van der Waals surface area contributed by atoms with Crippen LogP contribution in [0.5, 0.6) is 5.75 Å². The molecule has 4 rings (SSSR count). The van der Waals surface area contributed by atoms with Crippen LogP contribution >= 0.6 is 0 Å². The maximum absolute atomic E-state index is 11.5. The molecule has 1 saturated heterocycles. The zero-order chi connectivity index (χ0) is 23.4. The molecule has 172 valence electrons. The topological polar surface area (TPSA) is 176 Å². The third-order valence-corrected chi connectivity index (χ3v) is 5.14. The van der Waals surface area contributed by atoms with E-state index in [1.807, 2.05) is 36.0 Å². The molecule has 2 amide bonds. The fourth-order valence-corrected chi connectivity index (χ4v) is 3.66. The molecule has 1 fully saturated rings. The second kappa shape index (κ2) is 9.65. The van der Waals surface area contributed by atoms with Gasteiger partial charge in [0.2, 0.25) is 0 Å². The molecule has 33 heavy (non-hydrogen) atoms. The van der Waals surface area contributed by atoms with Gasteiger partial charge in [0.05, 0.1) is 22.8 Å². The van der Waals surface area contributed by atoms with E-state index in [0.717, 1.165) is 22.2 Å². The summed E-state index contributed by atoms with van der Waals surface area (Å²) in [6.07, 6.45) is -0.907. The van der Waals surface area contributed by atoms with Gasteiger partial charge < -0.3 is 4.74 Å². The first-order valence-corrected chi connectivity index (χ1v) is 10.1. The molecule has 1 aromatic heterocycles. The molecule has 0 saturated carbocycles. The summed E-state index contributed by atoms with van der Waals surface area (Å²) in [4.78, 5) is 42.1. The highest BCUT2D eigenvalue weighted by molar-refractivity contribution is 5.84. The van der Waals surface area contributed by atoms with E-state index >= 15 is 0 Å². The van der Waals surface area contributed by atoms with Gasteiger partial charge in [0, 0.05) is 11.8 Å². The van der Waals surface area contributed by atoms with Crippen molar-refractivity contribution < 1.29 is 24.1 Å². The van der Waals surface area contributed by atoms with Gasteiger partial charge in [0.15, 0.2) is 17.8 Å². The van der Waals surface area contributed by atoms with Gasteiger partial charge in [-0.15, -0.1) is 0 Å². The SMILES string of the molecule is Cc1ccc2c([C@H]3CCC(OC(=O)NN)N3)nc(-c3ccccc3OOC(=O)NN)nc2c1. The van der Waals surface area contributed by atoms with Crippen LogP contribution in [-0.2, 0) is 9.62 Å². The zero-order valence-corrected chi connectivity index (χ0v) is 17.7. The van der Waals surface area contributed by atoms with Crippen LogP contribution < -0.4 is 32.7 Å². The summed E-state index contributed by atoms with van der Waals surface area (Å²) in [5.74, 6) is 10.7. The summed E-state index contributed by atoms with van der Waals surface area (Å²) in [5, 5.41) is 4.13. The number of hydrogen-bond donors (Lipinski definition) is 5. The van der Waals surface area contributed by atoms with E-state index in [1.54, 1.807) is 24.3 Å². The highest BCUT2D eigenvalue weighted by atomic mass is 17.2. The van der Waals surface area contributed by atoms with Crippen LogP contribution in [0.1, 0.15) is 30.1 Å². The number of carbonyl (C=O) groups is 2. The number of nitrogens with two attached hydrogens (primary N) is 2. The monoisotopic (exact) mass is 453 g/mol. The minimum atomic E-state index is -0.955. The summed E-state index contributed by atoms with van der Waals surface area (Å²) in [7, 11) is 0. The van der Waals surface area contributed by atoms with Crippen LogP contribution in [0.3, 0.4) is 0 Å². The maximum atomic E-state index is 11.5. The lowest BCUT2D eigenvalue weighted by Gasteiger charge is -2.17. The average Bonchev–Trinajstić information content (AvgIpc) is 3.29. The van der Waals surface area contributed by atoms with Crippen molar-refractivity contribution in [2.45, 2.75) is 32.0 Å². The van der Waals surface area contributed by atoms with Crippen LogP contribution in [0.25, 0.3) is 22.3 Å². The molecule has 12 nitrogen and oxygen atoms in total. The van der Waals surface area contributed by atoms with E-state index < -0.39 is 18.4 Å². The molecule has 2 atom stereocenters. The molecule has 1 unspecified atom stereocenters. The van der Waals surface area contributed by atoms with E-state index in [2.05, 4.69) is 10.2 Å². The lowest BCUT2D eigenvalue weighted by Crippen LogP contribution is -2.37. The number of benzene rings is 2. The van der Waals surface area contributed by atoms with Crippen LogP contribution in [0, 0.1) is 6.92 Å². The summed E-state index contributed by atoms with van der Waals surface area (Å²) < 4.78 is 5.23. The number of nitrogens with one attached hydrogen (secondary N) is 3. The largest absolute Gasteiger partial charge is 0.464 e. The number of amides is 2. The van der Waals surface area contributed by atoms with Gasteiger partial charge in [-0.25, -0.2) is 36.1 Å². The molecule has 12 heteroatoms. The van der Waals surface area contributed by atoms with Gasteiger partial charge in [-0.1, -0.05) is 24.3 Å². The van der Waals surface area contributed by atoms with Crippen LogP contribution in [0.15, 0.2) is 42.5 Å². The first-order chi connectivity index (χ1) is 16.0. The van der Waals surface area contributed by atoms with Crippen LogP contribution in [-0.4, -0.2) is 28.4 Å². The minimum absolute atomic E-state index is 0.195. The third-order valence-electron chi connectivity index (χ3n) is 5.14. The van der Waals surface area contributed by atoms with Gasteiger partial charge in [-0.3, -0.25) is 21.1 Å². The van der Waals surface area contributed by atoms with Crippen LogP contribution in [0.2, 0.25) is 0 Å². The van der Waals surface area contributed by atoms with E-state index in [-0.39, 0.29) is 11.8 Å². The molecule has 7 N–H and O–H groups in total. The highest BCUT2D eigenvalue weighted by Crippen LogP contribution is 2.34. The quantitative estimate of drug-likeness (QED) is 0.166. The van der Waals surface area contributed by atoms with Gasteiger partial charge in [0.25, 0.3) is 0 Å². The second-order valence-corrected chi connectivity index (χ2v) is 7.38. The summed E-state index contributed by atoms with van der Waals surface area (Å²) in [6, 6.07) is 12.6. The Morgan fingerprint density at radius 3 is 2.64 bits per heavy atom. The Kier molecular flexibility index (Phi) is 6.49. The predicted octanol–water partition coefficient (Wildman–Crippen LogP) is 1.85. The Hall–Kier alpha value is -4.00. The van der Waals surface area contributed by atoms with Gasteiger partial charge in [-0.2, -0.15) is 0 Å². The number of para-hydroxylation sites is 1. The molecule has 0 bridgehead atoms. The van der Waals surface area contributed by atoms with Gasteiger partial charge >= 0.3 is 12.2 Å². The Morgan fingerprint density at radius 2 is 1.85 bits per heavy atom. The molecule has 0 radical (unpaired) electrons. The summed E-state index contributed by atoms with van der Waals surface area (Å²) in [6.45, 7) is 1.97. The van der Waals surface area contributed by atoms with Crippen molar-refractivity contribution in [3.05, 3.63) is 53.7 Å². The molecule has 3 aromatic rings. The summed E-state index contributed by atoms with van der Waals surface area (Å²) in [5.41, 5.74) is 6.79. The molecule has 1 aliphatic heterocycles. The van der Waals surface area contributed by atoms with Crippen molar-refractivity contribution in [3.63, 3.8) is 0 Å². The standard InChI is InChI=1S/C21H23N7O5/c1-11-6-7-12-15(10-11)25-19(13-4-2-3-5-16(13)32-33-21(30)28-23)26-18(12)14-8-9-17(24-14)31-20(29)27-22/h2-7,10,14,17,24H,8-9,22-23H2,1H3,(H,27,29)(H,28,30)/t14-,17?/m1/s1. The predicted molar refractivity (Wildman–Crippen MR) is 117 cm³/mol. The number of aromatic nitrogens is 2.